The van der Waals surface area contributed by atoms with Gasteiger partial charge in [-0.2, -0.15) is 0 Å². The monoisotopic (exact) mass is 493 g/mol. The highest BCUT2D eigenvalue weighted by molar-refractivity contribution is 6.30. The first-order valence-corrected chi connectivity index (χ1v) is 11.5. The zero-order chi connectivity index (χ0) is 24.7. The number of methoxy groups -OCH3 is 1. The molecule has 1 fully saturated rings. The summed E-state index contributed by atoms with van der Waals surface area (Å²) in [5.74, 6) is 0.0821. The number of ether oxygens (including phenoxy) is 2. The summed E-state index contributed by atoms with van der Waals surface area (Å²) in [6.45, 7) is 0.651. The molecule has 0 saturated carbocycles. The second-order valence-corrected chi connectivity index (χ2v) is 9.25. The minimum atomic E-state index is -1.39. The van der Waals surface area contributed by atoms with E-state index in [1.807, 2.05) is 18.2 Å². The highest BCUT2D eigenvalue weighted by Gasteiger charge is 2.68. The van der Waals surface area contributed by atoms with Crippen LogP contribution in [-0.4, -0.2) is 42.5 Å². The lowest BCUT2D eigenvalue weighted by atomic mass is 9.79. The lowest BCUT2D eigenvalue weighted by Crippen LogP contribution is -2.54. The van der Waals surface area contributed by atoms with E-state index in [-0.39, 0.29) is 10.8 Å². The van der Waals surface area contributed by atoms with E-state index < -0.39 is 17.5 Å². The molecule has 0 radical (unpaired) electrons. The molecule has 9 heteroatoms. The quantitative estimate of drug-likeness (QED) is 0.403. The molecule has 8 nitrogen and oxygen atoms in total. The maximum Gasteiger partial charge on any atom is 0.256 e. The summed E-state index contributed by atoms with van der Waals surface area (Å²) in [6, 6.07) is 18.7. The third kappa shape index (κ3) is 3.69. The average Bonchev–Trinajstić information content (AvgIpc) is 3.33. The molecule has 35 heavy (non-hydrogen) atoms. The number of likely N-dealkylation sites (N-methyl/N-ethyl adjacent to an activating group) is 1. The van der Waals surface area contributed by atoms with Crippen LogP contribution in [0.3, 0.4) is 0 Å². The van der Waals surface area contributed by atoms with E-state index in [0.29, 0.717) is 46.5 Å². The Labute approximate surface area is 207 Å². The fraction of sp³-hybridized carbons (Fsp3) is 0.269. The maximum absolute atomic E-state index is 13.3. The number of para-hydroxylation sites is 1. The maximum atomic E-state index is 13.3. The highest BCUT2D eigenvalue weighted by atomic mass is 35.5. The predicted molar refractivity (Wildman–Crippen MR) is 132 cm³/mol. The van der Waals surface area contributed by atoms with E-state index in [9.17, 15) is 14.9 Å². The molecule has 1 spiro atoms. The van der Waals surface area contributed by atoms with Crippen LogP contribution in [0, 0.1) is 10.1 Å². The smallest absolute Gasteiger partial charge is 0.256 e. The number of carbonyl (C=O) groups is 1. The zero-order valence-electron chi connectivity index (χ0n) is 19.2. The number of hydrogen-bond donors (Lipinski definition) is 1. The minimum Gasteiger partial charge on any atom is -0.493 e. The molecular formula is C26H24ClN3O5. The van der Waals surface area contributed by atoms with Crippen molar-refractivity contribution in [1.29, 1.82) is 0 Å². The Morgan fingerprint density at radius 3 is 2.60 bits per heavy atom. The van der Waals surface area contributed by atoms with Gasteiger partial charge >= 0.3 is 0 Å². The molecular weight excluding hydrogens is 470 g/mol. The molecule has 1 N–H and O–H groups in total. The topological polar surface area (TPSA) is 93.9 Å². The Kier molecular flexibility index (Phi) is 5.86. The molecule has 5 rings (SSSR count). The van der Waals surface area contributed by atoms with Crippen LogP contribution in [0.1, 0.15) is 22.6 Å². The number of carbonyl (C=O) groups excluding carboxylic acids is 1. The summed E-state index contributed by atoms with van der Waals surface area (Å²) >= 11 is 5.95. The molecule has 0 unspecified atom stereocenters. The Balaban J connectivity index is 1.48. The van der Waals surface area contributed by atoms with Crippen molar-refractivity contribution in [2.75, 3.05) is 26.0 Å². The van der Waals surface area contributed by atoms with Crippen molar-refractivity contribution >= 4 is 23.2 Å². The molecule has 3 aromatic rings. The number of hydrogen-bond acceptors (Lipinski definition) is 6. The van der Waals surface area contributed by atoms with Crippen molar-refractivity contribution in [1.82, 2.24) is 4.90 Å². The van der Waals surface area contributed by atoms with Crippen molar-refractivity contribution in [2.24, 2.45) is 0 Å². The van der Waals surface area contributed by atoms with Gasteiger partial charge in [-0.1, -0.05) is 48.0 Å². The molecule has 3 atom stereocenters. The molecule has 0 aromatic heterocycles. The van der Waals surface area contributed by atoms with Crippen LogP contribution in [0.5, 0.6) is 11.5 Å². The van der Waals surface area contributed by atoms with Crippen LogP contribution < -0.4 is 14.8 Å². The number of amides is 1. The molecule has 0 aliphatic carbocycles. The van der Waals surface area contributed by atoms with Gasteiger partial charge < -0.3 is 14.8 Å². The second-order valence-electron chi connectivity index (χ2n) is 8.81. The van der Waals surface area contributed by atoms with E-state index >= 15 is 0 Å². The summed E-state index contributed by atoms with van der Waals surface area (Å²) in [4.78, 5) is 27.2. The van der Waals surface area contributed by atoms with Crippen LogP contribution in [-0.2, 0) is 16.9 Å². The van der Waals surface area contributed by atoms with Crippen molar-refractivity contribution in [3.05, 3.63) is 98.6 Å². The summed E-state index contributed by atoms with van der Waals surface area (Å²) in [6.07, 6.45) is 0. The van der Waals surface area contributed by atoms with Gasteiger partial charge in [0.25, 0.3) is 11.9 Å². The van der Waals surface area contributed by atoms with Crippen molar-refractivity contribution in [3.8, 4) is 11.5 Å². The Morgan fingerprint density at radius 1 is 1.14 bits per heavy atom. The summed E-state index contributed by atoms with van der Waals surface area (Å²) < 4.78 is 11.5. The van der Waals surface area contributed by atoms with Crippen molar-refractivity contribution in [3.63, 3.8) is 0 Å². The van der Waals surface area contributed by atoms with Gasteiger partial charge in [-0.25, -0.2) is 0 Å². The molecule has 0 bridgehead atoms. The Hall–Kier alpha value is -3.62. The lowest BCUT2D eigenvalue weighted by Gasteiger charge is -2.30. The van der Waals surface area contributed by atoms with Crippen molar-refractivity contribution in [2.45, 2.75) is 24.1 Å². The third-order valence-electron chi connectivity index (χ3n) is 6.96. The lowest BCUT2D eigenvalue weighted by molar-refractivity contribution is -0.534. The highest BCUT2D eigenvalue weighted by Crippen LogP contribution is 2.52. The summed E-state index contributed by atoms with van der Waals surface area (Å²) in [7, 11) is 3.29. The van der Waals surface area contributed by atoms with Gasteiger partial charge in [0.15, 0.2) is 17.0 Å². The van der Waals surface area contributed by atoms with Crippen LogP contribution >= 0.6 is 11.6 Å². The molecule has 2 aliphatic heterocycles. The molecule has 2 heterocycles. The first-order valence-electron chi connectivity index (χ1n) is 11.2. The molecule has 180 valence electrons. The fourth-order valence-electron chi connectivity index (χ4n) is 5.36. The number of fused-ring (bicyclic) bond motifs is 2. The van der Waals surface area contributed by atoms with Crippen molar-refractivity contribution < 1.29 is 19.2 Å². The largest absolute Gasteiger partial charge is 0.493 e. The van der Waals surface area contributed by atoms with Crippen LogP contribution in [0.25, 0.3) is 0 Å². The number of nitrogens with one attached hydrogen (secondary N) is 1. The Bertz CT molecular complexity index is 1300. The number of anilines is 1. The van der Waals surface area contributed by atoms with Crippen LogP contribution in [0.15, 0.2) is 66.7 Å². The SMILES string of the molecule is COc1cc([C@@H]2CN(C)[C@]3(C(=O)Nc4ccccc43)[C@H]2[N+](=O)[O-])ccc1OCc1ccc(Cl)cc1. The fourth-order valence-corrected chi connectivity index (χ4v) is 5.48. The number of nitro groups is 1. The number of rotatable bonds is 6. The van der Waals surface area contributed by atoms with Gasteiger partial charge in [0.2, 0.25) is 0 Å². The molecule has 1 saturated heterocycles. The first-order chi connectivity index (χ1) is 16.9. The number of nitrogens with zero attached hydrogens (tertiary/aromatic N) is 2. The zero-order valence-corrected chi connectivity index (χ0v) is 20.0. The third-order valence-corrected chi connectivity index (χ3v) is 7.22. The van der Waals surface area contributed by atoms with E-state index in [2.05, 4.69) is 5.32 Å². The molecule has 2 aliphatic rings. The average molecular weight is 494 g/mol. The van der Waals surface area contributed by atoms with E-state index in [1.165, 1.54) is 7.11 Å². The van der Waals surface area contributed by atoms with E-state index in [1.54, 1.807) is 60.5 Å². The molecule has 3 aromatic carbocycles. The minimum absolute atomic E-state index is 0.316. The van der Waals surface area contributed by atoms with Gasteiger partial charge in [-0.3, -0.25) is 19.8 Å². The van der Waals surface area contributed by atoms with Gasteiger partial charge in [-0.05, 0) is 48.5 Å². The number of likely N-dealkylation sites (tertiary alicyclic amines) is 1. The van der Waals surface area contributed by atoms with Crippen LogP contribution in [0.2, 0.25) is 5.02 Å². The first kappa shape index (κ1) is 23.1. The standard InChI is InChI=1S/C26H24ClN3O5/c1-29-14-19(24(30(32)33)26(29)20-5-3-4-6-21(20)28-25(26)31)17-9-12-22(23(13-17)34-2)35-15-16-7-10-18(27)11-8-16/h3-13,19,24H,14-15H2,1-2H3,(H,28,31)/t19-,24-,26-/m0/s1. The summed E-state index contributed by atoms with van der Waals surface area (Å²) in [5, 5.41) is 16.0. The summed E-state index contributed by atoms with van der Waals surface area (Å²) in [5.41, 5.74) is 1.51. The van der Waals surface area contributed by atoms with Crippen LogP contribution in [0.4, 0.5) is 5.69 Å². The van der Waals surface area contributed by atoms with Gasteiger partial charge in [0, 0.05) is 27.7 Å². The van der Waals surface area contributed by atoms with Gasteiger partial charge in [0.05, 0.1) is 13.0 Å². The predicted octanol–water partition coefficient (Wildman–Crippen LogP) is 4.45. The Morgan fingerprint density at radius 2 is 1.89 bits per heavy atom. The number of halogens is 1. The number of benzene rings is 3. The van der Waals surface area contributed by atoms with E-state index in [4.69, 9.17) is 21.1 Å². The second kappa shape index (κ2) is 8.87. The van der Waals surface area contributed by atoms with Gasteiger partial charge in [0.1, 0.15) is 6.61 Å². The van der Waals surface area contributed by atoms with E-state index in [0.717, 1.165) is 5.56 Å². The van der Waals surface area contributed by atoms with Gasteiger partial charge in [-0.15, -0.1) is 0 Å². The normalized spacial score (nSPS) is 23.2. The molecule has 1 amide bonds.